The van der Waals surface area contributed by atoms with Crippen LogP contribution in [0.1, 0.15) is 15.9 Å². The molecule has 0 aliphatic carbocycles. The number of benzene rings is 2. The lowest BCUT2D eigenvalue weighted by Gasteiger charge is -2.10. The van der Waals surface area contributed by atoms with Crippen LogP contribution in [0.4, 0.5) is 5.69 Å². The van der Waals surface area contributed by atoms with Gasteiger partial charge in [-0.3, -0.25) is 4.79 Å². The van der Waals surface area contributed by atoms with Gasteiger partial charge in [-0.05, 0) is 30.3 Å². The molecule has 0 saturated heterocycles. The van der Waals surface area contributed by atoms with Crippen molar-refractivity contribution in [2.24, 2.45) is 0 Å². The van der Waals surface area contributed by atoms with Crippen molar-refractivity contribution >= 4 is 40.1 Å². The number of ether oxygens (including phenoxy) is 2. The van der Waals surface area contributed by atoms with Gasteiger partial charge in [0.1, 0.15) is 11.3 Å². The van der Waals surface area contributed by atoms with Crippen LogP contribution in [0.15, 0.2) is 47.1 Å². The summed E-state index contributed by atoms with van der Waals surface area (Å²) in [6, 6.07) is 9.95. The Labute approximate surface area is 154 Å². The van der Waals surface area contributed by atoms with Crippen molar-refractivity contribution in [3.05, 3.63) is 58.8 Å². The van der Waals surface area contributed by atoms with Crippen LogP contribution in [-0.2, 0) is 16.0 Å². The molecule has 0 fully saturated rings. The van der Waals surface area contributed by atoms with Gasteiger partial charge in [-0.25, -0.2) is 4.79 Å². The second kappa shape index (κ2) is 7.49. The number of furan rings is 1. The van der Waals surface area contributed by atoms with Crippen molar-refractivity contribution in [2.45, 2.75) is 6.42 Å². The number of carbonyl (C=O) groups excluding carboxylic acids is 2. The lowest BCUT2D eigenvalue weighted by molar-refractivity contribution is -0.115. The lowest BCUT2D eigenvalue weighted by atomic mass is 10.1. The van der Waals surface area contributed by atoms with Gasteiger partial charge in [0.25, 0.3) is 0 Å². The first-order valence-corrected chi connectivity index (χ1v) is 8.11. The molecule has 0 aliphatic heterocycles. The summed E-state index contributed by atoms with van der Waals surface area (Å²) in [5.74, 6) is -0.196. The summed E-state index contributed by atoms with van der Waals surface area (Å²) >= 11 is 5.97. The van der Waals surface area contributed by atoms with E-state index >= 15 is 0 Å². The number of fused-ring (bicyclic) bond motifs is 1. The Kier molecular flexibility index (Phi) is 5.14. The zero-order valence-electron chi connectivity index (χ0n) is 14.2. The zero-order chi connectivity index (χ0) is 18.7. The lowest BCUT2D eigenvalue weighted by Crippen LogP contribution is -2.17. The normalized spacial score (nSPS) is 10.6. The van der Waals surface area contributed by atoms with E-state index in [1.54, 1.807) is 25.3 Å². The first kappa shape index (κ1) is 17.8. The number of halogens is 1. The van der Waals surface area contributed by atoms with Crippen LogP contribution in [0.2, 0.25) is 5.02 Å². The highest BCUT2D eigenvalue weighted by atomic mass is 35.5. The standard InChI is InChI=1S/C19H16ClNO5/c1-24-13-4-6-14-11(10-26-17(14)9-13)7-18(22)21-16-8-12(20)3-5-15(16)19(23)25-2/h3-6,8-10H,7H2,1-2H3,(H,21,22). The number of hydrogen-bond donors (Lipinski definition) is 1. The molecule has 6 nitrogen and oxygen atoms in total. The van der Waals surface area contributed by atoms with Gasteiger partial charge in [0.15, 0.2) is 0 Å². The van der Waals surface area contributed by atoms with Crippen LogP contribution in [0, 0.1) is 0 Å². The number of anilines is 1. The Hall–Kier alpha value is -2.99. The van der Waals surface area contributed by atoms with Gasteiger partial charge in [-0.1, -0.05) is 11.6 Å². The van der Waals surface area contributed by atoms with E-state index < -0.39 is 5.97 Å². The Morgan fingerprint density at radius 2 is 1.96 bits per heavy atom. The summed E-state index contributed by atoms with van der Waals surface area (Å²) in [4.78, 5) is 24.3. The number of rotatable bonds is 5. The fourth-order valence-corrected chi connectivity index (χ4v) is 2.77. The third-order valence-electron chi connectivity index (χ3n) is 3.87. The average molecular weight is 374 g/mol. The van der Waals surface area contributed by atoms with Crippen LogP contribution in [0.5, 0.6) is 5.75 Å². The second-order valence-electron chi connectivity index (χ2n) is 5.53. The molecule has 0 aliphatic rings. The number of carbonyl (C=O) groups is 2. The Balaban J connectivity index is 1.82. The van der Waals surface area contributed by atoms with E-state index in [-0.39, 0.29) is 17.9 Å². The summed E-state index contributed by atoms with van der Waals surface area (Å²) in [6.07, 6.45) is 1.61. The van der Waals surface area contributed by atoms with Crippen LogP contribution in [-0.4, -0.2) is 26.1 Å². The van der Waals surface area contributed by atoms with E-state index in [9.17, 15) is 9.59 Å². The van der Waals surface area contributed by atoms with E-state index in [1.807, 2.05) is 6.07 Å². The predicted octanol–water partition coefficient (Wildman–Crippen LogP) is 4.06. The molecule has 7 heteroatoms. The monoisotopic (exact) mass is 373 g/mol. The maximum atomic E-state index is 12.4. The third kappa shape index (κ3) is 3.65. The topological polar surface area (TPSA) is 77.8 Å². The number of methoxy groups -OCH3 is 2. The summed E-state index contributed by atoms with van der Waals surface area (Å²) < 4.78 is 15.4. The molecule has 1 amide bonds. The molecule has 0 unspecified atom stereocenters. The van der Waals surface area contributed by atoms with Gasteiger partial charge in [-0.2, -0.15) is 0 Å². The van der Waals surface area contributed by atoms with Crippen LogP contribution >= 0.6 is 11.6 Å². The summed E-state index contributed by atoms with van der Waals surface area (Å²) in [7, 11) is 2.84. The molecule has 0 saturated carbocycles. The average Bonchev–Trinajstić information content (AvgIpc) is 3.03. The van der Waals surface area contributed by atoms with Crippen molar-refractivity contribution in [3.63, 3.8) is 0 Å². The second-order valence-corrected chi connectivity index (χ2v) is 5.97. The maximum Gasteiger partial charge on any atom is 0.339 e. The van der Waals surface area contributed by atoms with Gasteiger partial charge in [0, 0.05) is 22.0 Å². The molecule has 0 atom stereocenters. The van der Waals surface area contributed by atoms with Crippen molar-refractivity contribution in [2.75, 3.05) is 19.5 Å². The molecule has 0 bridgehead atoms. The molecule has 3 aromatic rings. The molecule has 1 heterocycles. The minimum absolute atomic E-state index is 0.0758. The zero-order valence-corrected chi connectivity index (χ0v) is 14.9. The Morgan fingerprint density at radius 3 is 2.69 bits per heavy atom. The molecule has 1 aromatic heterocycles. The molecular formula is C19H16ClNO5. The van der Waals surface area contributed by atoms with E-state index in [4.69, 9.17) is 25.5 Å². The fraction of sp³-hybridized carbons (Fsp3) is 0.158. The van der Waals surface area contributed by atoms with Crippen molar-refractivity contribution in [3.8, 4) is 5.75 Å². The summed E-state index contributed by atoms with van der Waals surface area (Å²) in [5, 5.41) is 3.92. The first-order chi connectivity index (χ1) is 12.5. The van der Waals surface area contributed by atoms with E-state index in [1.165, 1.54) is 25.5 Å². The van der Waals surface area contributed by atoms with Crippen LogP contribution in [0.3, 0.4) is 0 Å². The van der Waals surface area contributed by atoms with E-state index in [2.05, 4.69) is 5.32 Å². The summed E-state index contributed by atoms with van der Waals surface area (Å²) in [6.45, 7) is 0. The molecule has 3 rings (SSSR count). The highest BCUT2D eigenvalue weighted by Gasteiger charge is 2.16. The van der Waals surface area contributed by atoms with Crippen LogP contribution in [0.25, 0.3) is 11.0 Å². The van der Waals surface area contributed by atoms with Gasteiger partial charge in [0.05, 0.1) is 38.2 Å². The minimum atomic E-state index is -0.558. The third-order valence-corrected chi connectivity index (χ3v) is 4.11. The highest BCUT2D eigenvalue weighted by molar-refractivity contribution is 6.31. The molecule has 1 N–H and O–H groups in total. The highest BCUT2D eigenvalue weighted by Crippen LogP contribution is 2.27. The number of amides is 1. The molecule has 2 aromatic carbocycles. The largest absolute Gasteiger partial charge is 0.497 e. The summed E-state index contributed by atoms with van der Waals surface area (Å²) in [5.41, 5.74) is 1.88. The minimum Gasteiger partial charge on any atom is -0.497 e. The number of hydrogen-bond acceptors (Lipinski definition) is 5. The van der Waals surface area contributed by atoms with E-state index in [0.29, 0.717) is 22.0 Å². The van der Waals surface area contributed by atoms with Crippen LogP contribution < -0.4 is 10.1 Å². The Bertz CT molecular complexity index is 979. The smallest absolute Gasteiger partial charge is 0.339 e. The predicted molar refractivity (Wildman–Crippen MR) is 97.9 cm³/mol. The SMILES string of the molecule is COC(=O)c1ccc(Cl)cc1NC(=O)Cc1coc2cc(OC)ccc12. The molecule has 0 spiro atoms. The van der Waals surface area contributed by atoms with Gasteiger partial charge in [-0.15, -0.1) is 0 Å². The van der Waals surface area contributed by atoms with Crippen molar-refractivity contribution in [1.29, 1.82) is 0 Å². The maximum absolute atomic E-state index is 12.4. The number of nitrogens with one attached hydrogen (secondary N) is 1. The van der Waals surface area contributed by atoms with Gasteiger partial charge < -0.3 is 19.2 Å². The number of esters is 1. The quantitative estimate of drug-likeness (QED) is 0.682. The van der Waals surface area contributed by atoms with E-state index in [0.717, 1.165) is 10.9 Å². The fourth-order valence-electron chi connectivity index (χ4n) is 2.60. The Morgan fingerprint density at radius 1 is 1.15 bits per heavy atom. The molecular weight excluding hydrogens is 358 g/mol. The molecule has 26 heavy (non-hydrogen) atoms. The van der Waals surface area contributed by atoms with Gasteiger partial charge in [0.2, 0.25) is 5.91 Å². The first-order valence-electron chi connectivity index (χ1n) is 7.73. The molecule has 0 radical (unpaired) electrons. The van der Waals surface area contributed by atoms with Gasteiger partial charge >= 0.3 is 5.97 Å². The van der Waals surface area contributed by atoms with Crippen molar-refractivity contribution in [1.82, 2.24) is 0 Å². The van der Waals surface area contributed by atoms with Crippen molar-refractivity contribution < 1.29 is 23.5 Å². The molecule has 134 valence electrons.